The van der Waals surface area contributed by atoms with E-state index in [4.69, 9.17) is 9.47 Å². The fraction of sp³-hybridized carbons (Fsp3) is 0.423. The summed E-state index contributed by atoms with van der Waals surface area (Å²) >= 11 is 0. The third-order valence-electron chi connectivity index (χ3n) is 6.48. The molecule has 4 aromatic rings. The van der Waals surface area contributed by atoms with E-state index in [1.165, 1.54) is 6.42 Å². The number of nitrogens with zero attached hydrogens (tertiary/aromatic N) is 4. The van der Waals surface area contributed by atoms with Crippen LogP contribution in [0, 0.1) is 0 Å². The molecule has 0 saturated carbocycles. The Bertz CT molecular complexity index is 1320. The molecule has 4 heterocycles. The van der Waals surface area contributed by atoms with E-state index in [0.29, 0.717) is 19.1 Å². The molecule has 33 heavy (non-hydrogen) atoms. The maximum absolute atomic E-state index is 13.2. The van der Waals surface area contributed by atoms with Crippen LogP contribution in [0.15, 0.2) is 47.5 Å². The van der Waals surface area contributed by atoms with Crippen molar-refractivity contribution in [2.75, 3.05) is 19.8 Å². The van der Waals surface area contributed by atoms with Gasteiger partial charge in [-0.15, -0.1) is 0 Å². The zero-order valence-electron chi connectivity index (χ0n) is 19.3. The number of fused-ring (bicyclic) bond motifs is 3. The van der Waals surface area contributed by atoms with Gasteiger partial charge in [-0.25, -0.2) is 9.78 Å². The normalized spacial score (nSPS) is 16.5. The van der Waals surface area contributed by atoms with Crippen LogP contribution in [0.4, 0.5) is 0 Å². The molecule has 0 unspecified atom stereocenters. The monoisotopic (exact) mass is 446 g/mol. The minimum Gasteiger partial charge on any atom is -0.478 e. The van der Waals surface area contributed by atoms with Crippen LogP contribution in [0.3, 0.4) is 0 Å². The Labute approximate surface area is 193 Å². The average molecular weight is 447 g/mol. The molecule has 0 bridgehead atoms. The lowest BCUT2D eigenvalue weighted by Gasteiger charge is -2.23. The number of aryl methyl sites for hydroxylation is 1. The van der Waals surface area contributed by atoms with Gasteiger partial charge in [0.15, 0.2) is 0 Å². The van der Waals surface area contributed by atoms with Gasteiger partial charge in [0.2, 0.25) is 5.88 Å². The summed E-state index contributed by atoms with van der Waals surface area (Å²) in [5.41, 5.74) is 4.64. The largest absolute Gasteiger partial charge is 0.478 e. The molecular formula is C26H30N4O3. The molecule has 1 aliphatic heterocycles. The average Bonchev–Trinajstić information content (AvgIpc) is 3.13. The number of benzene rings is 1. The molecule has 0 N–H and O–H groups in total. The van der Waals surface area contributed by atoms with E-state index in [2.05, 4.69) is 29.0 Å². The molecular weight excluding hydrogens is 416 g/mol. The summed E-state index contributed by atoms with van der Waals surface area (Å²) in [6.07, 6.45) is 8.91. The highest BCUT2D eigenvalue weighted by Gasteiger charge is 2.23. The maximum Gasteiger partial charge on any atom is 0.329 e. The van der Waals surface area contributed by atoms with Gasteiger partial charge in [-0.1, -0.05) is 25.8 Å². The van der Waals surface area contributed by atoms with Crippen molar-refractivity contribution in [2.45, 2.75) is 45.1 Å². The molecule has 3 aromatic heterocycles. The zero-order valence-corrected chi connectivity index (χ0v) is 19.3. The predicted octanol–water partition coefficient (Wildman–Crippen LogP) is 4.87. The first-order valence-corrected chi connectivity index (χ1v) is 11.8. The molecule has 0 radical (unpaired) electrons. The quantitative estimate of drug-likeness (QED) is 0.379. The first kappa shape index (κ1) is 21.6. The van der Waals surface area contributed by atoms with E-state index in [1.54, 1.807) is 10.8 Å². The van der Waals surface area contributed by atoms with Crippen molar-refractivity contribution in [2.24, 2.45) is 7.05 Å². The molecule has 0 spiro atoms. The molecule has 1 fully saturated rings. The van der Waals surface area contributed by atoms with Crippen LogP contribution in [0.5, 0.6) is 5.88 Å². The third kappa shape index (κ3) is 4.13. The molecule has 0 amide bonds. The standard InChI is InChI=1S/C26H30N4O3/c1-3-4-5-13-33-24-11-9-19(15-28-24)18-8-10-22-21(14-18)25-23(16-27-22)29(2)26(31)30(25)20-7-6-12-32-17-20/h8-11,14-16,20H,3-7,12-13,17H2,1-2H3/t20-/m1/s1. The van der Waals surface area contributed by atoms with Gasteiger partial charge in [-0.3, -0.25) is 14.1 Å². The molecule has 172 valence electrons. The Morgan fingerprint density at radius 2 is 2.00 bits per heavy atom. The highest BCUT2D eigenvalue weighted by atomic mass is 16.5. The number of hydrogen-bond donors (Lipinski definition) is 0. The van der Waals surface area contributed by atoms with Crippen LogP contribution in [0.25, 0.3) is 33.1 Å². The van der Waals surface area contributed by atoms with E-state index in [0.717, 1.165) is 65.4 Å². The summed E-state index contributed by atoms with van der Waals surface area (Å²) in [7, 11) is 1.81. The lowest BCUT2D eigenvalue weighted by molar-refractivity contribution is 0.0593. The van der Waals surface area contributed by atoms with E-state index in [1.807, 2.05) is 36.0 Å². The van der Waals surface area contributed by atoms with E-state index in [-0.39, 0.29) is 11.7 Å². The Balaban J connectivity index is 1.55. The lowest BCUT2D eigenvalue weighted by atomic mass is 10.0. The van der Waals surface area contributed by atoms with Gasteiger partial charge >= 0.3 is 5.69 Å². The second-order valence-electron chi connectivity index (χ2n) is 8.75. The first-order valence-electron chi connectivity index (χ1n) is 11.8. The minimum absolute atomic E-state index is 0.0218. The fourth-order valence-corrected chi connectivity index (χ4v) is 4.64. The summed E-state index contributed by atoms with van der Waals surface area (Å²) < 4.78 is 15.1. The van der Waals surface area contributed by atoms with Crippen molar-refractivity contribution in [1.82, 2.24) is 19.1 Å². The number of ether oxygens (including phenoxy) is 2. The zero-order chi connectivity index (χ0) is 22.8. The lowest BCUT2D eigenvalue weighted by Crippen LogP contribution is -2.31. The highest BCUT2D eigenvalue weighted by molar-refractivity contribution is 6.04. The molecule has 1 saturated heterocycles. The highest BCUT2D eigenvalue weighted by Crippen LogP contribution is 2.31. The topological polar surface area (TPSA) is 71.2 Å². The molecule has 1 aromatic carbocycles. The Morgan fingerprint density at radius 3 is 2.76 bits per heavy atom. The van der Waals surface area contributed by atoms with Crippen molar-refractivity contribution in [3.8, 4) is 17.0 Å². The van der Waals surface area contributed by atoms with E-state index >= 15 is 0 Å². The second kappa shape index (κ2) is 9.35. The number of pyridine rings is 2. The van der Waals surface area contributed by atoms with E-state index < -0.39 is 0 Å². The van der Waals surface area contributed by atoms with Gasteiger partial charge < -0.3 is 9.47 Å². The van der Waals surface area contributed by atoms with Crippen LogP contribution in [-0.4, -0.2) is 38.9 Å². The Morgan fingerprint density at radius 1 is 1.12 bits per heavy atom. The molecule has 0 aliphatic carbocycles. The van der Waals surface area contributed by atoms with Crippen molar-refractivity contribution in [3.63, 3.8) is 0 Å². The minimum atomic E-state index is -0.0218. The van der Waals surface area contributed by atoms with E-state index in [9.17, 15) is 4.79 Å². The number of rotatable bonds is 7. The Hall–Kier alpha value is -3.19. The van der Waals surface area contributed by atoms with Crippen molar-refractivity contribution in [3.05, 3.63) is 53.2 Å². The summed E-state index contributed by atoms with van der Waals surface area (Å²) in [5.74, 6) is 0.647. The maximum atomic E-state index is 13.2. The van der Waals surface area contributed by atoms with Crippen LogP contribution >= 0.6 is 0 Å². The summed E-state index contributed by atoms with van der Waals surface area (Å²) in [5, 5.41) is 0.966. The van der Waals surface area contributed by atoms with Gasteiger partial charge in [0.05, 0.1) is 42.0 Å². The molecule has 7 heteroatoms. The van der Waals surface area contributed by atoms with Gasteiger partial charge in [0, 0.05) is 36.9 Å². The van der Waals surface area contributed by atoms with Gasteiger partial charge in [-0.2, -0.15) is 0 Å². The first-order chi connectivity index (χ1) is 16.2. The van der Waals surface area contributed by atoms with Crippen LogP contribution < -0.4 is 10.4 Å². The smallest absolute Gasteiger partial charge is 0.329 e. The number of imidazole rings is 1. The second-order valence-corrected chi connectivity index (χ2v) is 8.75. The Kier molecular flexibility index (Phi) is 6.13. The third-order valence-corrected chi connectivity index (χ3v) is 6.48. The fourth-order valence-electron chi connectivity index (χ4n) is 4.64. The number of unbranched alkanes of at least 4 members (excludes halogenated alkanes) is 2. The van der Waals surface area contributed by atoms with Crippen molar-refractivity contribution >= 4 is 21.9 Å². The van der Waals surface area contributed by atoms with Crippen molar-refractivity contribution < 1.29 is 9.47 Å². The van der Waals surface area contributed by atoms with Crippen LogP contribution in [0.2, 0.25) is 0 Å². The number of aromatic nitrogens is 4. The molecule has 5 rings (SSSR count). The van der Waals surface area contributed by atoms with Crippen LogP contribution in [0.1, 0.15) is 45.1 Å². The molecule has 1 aliphatic rings. The molecule has 7 nitrogen and oxygen atoms in total. The van der Waals surface area contributed by atoms with Gasteiger partial charge in [0.1, 0.15) is 0 Å². The van der Waals surface area contributed by atoms with Crippen LogP contribution in [-0.2, 0) is 11.8 Å². The molecule has 1 atom stereocenters. The van der Waals surface area contributed by atoms with Gasteiger partial charge in [-0.05, 0) is 43.0 Å². The summed E-state index contributed by atoms with van der Waals surface area (Å²) in [6.45, 7) is 4.19. The summed E-state index contributed by atoms with van der Waals surface area (Å²) in [6, 6.07) is 10.2. The van der Waals surface area contributed by atoms with Gasteiger partial charge in [0.25, 0.3) is 0 Å². The SMILES string of the molecule is CCCCCOc1ccc(-c2ccc3ncc4c(c3c2)n([C@@H]2CCCOC2)c(=O)n4C)cn1. The predicted molar refractivity (Wildman–Crippen MR) is 130 cm³/mol. The number of hydrogen-bond acceptors (Lipinski definition) is 5. The summed E-state index contributed by atoms with van der Waals surface area (Å²) in [4.78, 5) is 22.3. The van der Waals surface area contributed by atoms with Crippen molar-refractivity contribution in [1.29, 1.82) is 0 Å².